The number of carbonyl (C=O) groups excluding carboxylic acids is 11. The number of hydrogen-bond acceptors (Lipinski definition) is 39. The highest BCUT2D eigenvalue weighted by molar-refractivity contribution is 5.79. The molecule has 0 aromatic heterocycles. The van der Waals surface area contributed by atoms with Crippen molar-refractivity contribution >= 4 is 65.0 Å². The van der Waals surface area contributed by atoms with E-state index in [9.17, 15) is 121 Å². The number of nitrogens with one attached hydrogen (secondary N) is 10. The first-order chi connectivity index (χ1) is 68.8. The van der Waals surface area contributed by atoms with Crippen LogP contribution in [-0.4, -0.2) is 446 Å². The van der Waals surface area contributed by atoms with E-state index in [0.29, 0.717) is 84.2 Å². The van der Waals surface area contributed by atoms with E-state index in [1.54, 1.807) is 0 Å². The molecule has 3 saturated heterocycles. The topological polar surface area (TPSA) is 666 Å². The fourth-order valence-electron chi connectivity index (χ4n) is 13.7. The fraction of sp³-hybridized carbons (Fsp3) is 0.809. The Kier molecular flexibility index (Phi) is 68.1. The van der Waals surface area contributed by atoms with Gasteiger partial charge in [-0.3, -0.25) is 52.7 Å². The minimum Gasteiger partial charge on any atom is -0.420 e. The summed E-state index contributed by atoms with van der Waals surface area (Å²) in [6.07, 6.45) is -13.6. The van der Waals surface area contributed by atoms with Crippen molar-refractivity contribution in [3.8, 4) is 5.75 Å². The summed E-state index contributed by atoms with van der Waals surface area (Å²) in [6.45, 7) is 4.59. The Morgan fingerprint density at radius 1 is 0.280 bits per heavy atom. The first-order valence-corrected chi connectivity index (χ1v) is 47.9. The Morgan fingerprint density at radius 3 is 0.769 bits per heavy atom. The van der Waals surface area contributed by atoms with Gasteiger partial charge in [0, 0.05) is 125 Å². The summed E-state index contributed by atoms with van der Waals surface area (Å²) in [6, 6.07) is -3.36. The van der Waals surface area contributed by atoms with Crippen molar-refractivity contribution in [3.05, 3.63) is 29.1 Å². The summed E-state index contributed by atoms with van der Waals surface area (Å²) in [5, 5.41) is 118. The van der Waals surface area contributed by atoms with Gasteiger partial charge in [0.1, 0.15) is 78.6 Å². The molecule has 0 aliphatic carbocycles. The molecule has 0 radical (unpaired) electrons. The lowest BCUT2D eigenvalue weighted by atomic mass is 9.97. The molecule has 3 heterocycles. The van der Waals surface area contributed by atoms with Crippen LogP contribution in [0.2, 0.25) is 0 Å². The van der Waals surface area contributed by atoms with E-state index < -0.39 is 206 Å². The van der Waals surface area contributed by atoms with Gasteiger partial charge in [-0.05, 0) is 57.8 Å². The van der Waals surface area contributed by atoms with Crippen LogP contribution in [0.5, 0.6) is 5.75 Å². The molecule has 1 unspecified atom stereocenters. The number of rotatable bonds is 83. The molecule has 3 aliphatic rings. The smallest absolute Gasteiger partial charge is 0.313 e. The molecule has 49 nitrogen and oxygen atoms in total. The highest BCUT2D eigenvalue weighted by atomic mass is 19.2. The number of aliphatic hydroxyl groups excluding tert-OH is 9. The maximum atomic E-state index is 14.0. The quantitative estimate of drug-likeness (QED) is 0.00723. The predicted octanol–water partition coefficient (Wildman–Crippen LogP) is -5.45. The molecule has 1 aromatic rings. The lowest BCUT2D eigenvalue weighted by molar-refractivity contribution is -0.270. The van der Waals surface area contributed by atoms with Crippen molar-refractivity contribution in [1.29, 1.82) is 0 Å². The predicted molar refractivity (Wildman–Crippen MR) is 483 cm³/mol. The average molecular weight is 2080 g/mol. The number of hydrogen-bond donors (Lipinski definition) is 19. The van der Waals surface area contributed by atoms with Gasteiger partial charge in [0.15, 0.2) is 18.9 Å². The first-order valence-electron chi connectivity index (χ1n) is 47.9. The van der Waals surface area contributed by atoms with Gasteiger partial charge < -0.3 is 189 Å². The van der Waals surface area contributed by atoms with Crippen molar-refractivity contribution in [1.82, 2.24) is 53.2 Å². The summed E-state index contributed by atoms with van der Waals surface area (Å²) in [5.74, 6) is -18.6. The Labute approximate surface area is 825 Å². The van der Waals surface area contributed by atoms with Gasteiger partial charge in [-0.2, -0.15) is 8.78 Å². The molecular formula is C89H149F5N10O39. The van der Waals surface area contributed by atoms with Crippen molar-refractivity contribution in [2.75, 3.05) is 237 Å². The minimum atomic E-state index is -2.39. The summed E-state index contributed by atoms with van der Waals surface area (Å²) >= 11 is 0. The van der Waals surface area contributed by atoms with Crippen molar-refractivity contribution in [2.45, 2.75) is 227 Å². The van der Waals surface area contributed by atoms with Crippen LogP contribution < -0.4 is 57.9 Å². The lowest BCUT2D eigenvalue weighted by Gasteiger charge is -2.42. The van der Waals surface area contributed by atoms with E-state index in [4.69, 9.17) is 85.3 Å². The molecule has 0 spiro atoms. The molecule has 4 rings (SSSR count). The number of amides is 10. The van der Waals surface area contributed by atoms with Crippen molar-refractivity contribution in [2.24, 2.45) is 0 Å². The third-order valence-corrected chi connectivity index (χ3v) is 21.2. The SMILES string of the molecule is CC(=O)N[C@H]1[C@H](OCCCCC(=O)NCCCNC(=O)CCOCC(COCCC(=O)NCCCNC(=O)CCCCO[C@@H]2O[C@H](CO)[C@H](O)[C@H](O)[C@H]2NC(C)=O)(COCCC(=O)NCCCNC(=O)CCCCO[C@@H]2O[C@H](CO)C(O)[C@H](O)[C@H]2NC(C)=O)NC(=O)CCOCCOCCOCCOCCOCCOCCOCCOCCOCCC(=O)Oc2c(F)c(F)c(F)c(F)c2F)O[C@H](CO)[C@H](O)[C@@H]1O. The number of carbonyl (C=O) groups is 11. The fourth-order valence-corrected chi connectivity index (χ4v) is 13.7. The molecule has 10 amide bonds. The molecule has 143 heavy (non-hydrogen) atoms. The number of unbranched alkanes of at least 4 members (excludes halogenated alkanes) is 3. The molecule has 0 bridgehead atoms. The first kappa shape index (κ1) is 127. The van der Waals surface area contributed by atoms with Crippen LogP contribution in [0.15, 0.2) is 0 Å². The Bertz CT molecular complexity index is 3510. The molecule has 1 aromatic carbocycles. The van der Waals surface area contributed by atoms with Crippen LogP contribution in [0.1, 0.15) is 130 Å². The number of esters is 1. The normalized spacial score (nSPS) is 21.1. The van der Waals surface area contributed by atoms with Crippen LogP contribution in [0, 0.1) is 29.1 Å². The van der Waals surface area contributed by atoms with Crippen LogP contribution in [0.4, 0.5) is 22.0 Å². The van der Waals surface area contributed by atoms with Crippen LogP contribution in [0.25, 0.3) is 0 Å². The Balaban J connectivity index is 1.23. The second-order valence-corrected chi connectivity index (χ2v) is 33.1. The zero-order chi connectivity index (χ0) is 105. The van der Waals surface area contributed by atoms with Gasteiger partial charge in [-0.15, -0.1) is 0 Å². The lowest BCUT2D eigenvalue weighted by Crippen LogP contribution is -2.64. The second kappa shape index (κ2) is 76.5. The zero-order valence-corrected chi connectivity index (χ0v) is 81.3. The van der Waals surface area contributed by atoms with Gasteiger partial charge in [-0.1, -0.05) is 0 Å². The number of ether oxygens (including phenoxy) is 19. The van der Waals surface area contributed by atoms with E-state index in [1.807, 2.05) is 0 Å². The van der Waals surface area contributed by atoms with Gasteiger partial charge in [-0.25, -0.2) is 13.2 Å². The molecule has 3 fully saturated rings. The molecule has 0 saturated carbocycles. The highest BCUT2D eigenvalue weighted by Crippen LogP contribution is 2.31. The summed E-state index contributed by atoms with van der Waals surface area (Å²) < 4.78 is 173. The largest absolute Gasteiger partial charge is 0.420 e. The Morgan fingerprint density at radius 2 is 0.510 bits per heavy atom. The molecule has 19 N–H and O–H groups in total. The van der Waals surface area contributed by atoms with Crippen LogP contribution in [-0.2, 0) is 138 Å². The maximum Gasteiger partial charge on any atom is 0.313 e. The third-order valence-electron chi connectivity index (χ3n) is 21.2. The Hall–Kier alpha value is -8.04. The zero-order valence-electron chi connectivity index (χ0n) is 81.3. The maximum absolute atomic E-state index is 14.0. The van der Waals surface area contributed by atoms with Gasteiger partial charge in [0.2, 0.25) is 93.9 Å². The minimum absolute atomic E-state index is 0.0143. The van der Waals surface area contributed by atoms with Gasteiger partial charge in [0.25, 0.3) is 0 Å². The van der Waals surface area contributed by atoms with E-state index in [1.165, 1.54) is 20.8 Å². The highest BCUT2D eigenvalue weighted by Gasteiger charge is 2.48. The van der Waals surface area contributed by atoms with Crippen molar-refractivity contribution in [3.63, 3.8) is 0 Å². The van der Waals surface area contributed by atoms with Gasteiger partial charge in [0.05, 0.1) is 185 Å². The second-order valence-electron chi connectivity index (χ2n) is 33.1. The van der Waals surface area contributed by atoms with Crippen molar-refractivity contribution < 1.29 is 211 Å². The average Bonchev–Trinajstić information content (AvgIpc) is 0.934. The number of halogens is 5. The molecular weight excluding hydrogens is 1930 g/mol. The molecule has 54 heteroatoms. The number of aliphatic hydroxyl groups is 9. The van der Waals surface area contributed by atoms with E-state index in [2.05, 4.69) is 57.9 Å². The van der Waals surface area contributed by atoms with Gasteiger partial charge >= 0.3 is 5.97 Å². The van der Waals surface area contributed by atoms with Crippen LogP contribution in [0.3, 0.4) is 0 Å². The summed E-state index contributed by atoms with van der Waals surface area (Å²) in [7, 11) is 0. The van der Waals surface area contributed by atoms with E-state index in [-0.39, 0.29) is 254 Å². The summed E-state index contributed by atoms with van der Waals surface area (Å²) in [5.41, 5.74) is -1.54. The number of benzene rings is 1. The standard InChI is InChI=1S/C89H149F5N10O39/c1-57(108)101-76-82(122)79(119)60(51-105)140-86(76)137-27-7-4-13-63(111)95-21-10-24-98-66(114)16-31-134-54-89(55-135-32-17-67(115)99-25-11-22-96-64(112)14-5-8-28-138-87-77(102-58(2)109)83(123)80(120)61(52-106)141-87,56-136-33-18-68(116)100-26-12-23-97-65(113)15-6-9-29-139-88-78(103-59(3)110)84(124)81(121)62(53-107)142-88)104-69(117)19-30-125-35-37-127-39-41-129-43-45-131-47-49-133-50-48-132-46-44-130-42-40-128-38-36-126-34-20-70(118)143-85-74(93)72(91)71(90)73(92)75(85)94/h60-62,76-84,86-88,105-107,119-124H,4-56H2,1-3H3,(H,95,111)(H,96,112)(H,97,113)(H,98,114)(H,99,115)(H,100,116)(H,101,108)(H,102,109)(H,103,110)(H,104,117)/t60-,61-,62-,76-,77-,78-,79+,80+,81?,82-,83-,84-,86-,87-,88-/m1/s1. The molecule has 3 aliphatic heterocycles. The van der Waals surface area contributed by atoms with E-state index in [0.717, 1.165) is 0 Å². The molecule has 824 valence electrons. The monoisotopic (exact) mass is 2080 g/mol. The van der Waals surface area contributed by atoms with E-state index >= 15 is 0 Å². The van der Waals surface area contributed by atoms with Crippen LogP contribution >= 0.6 is 0 Å². The third kappa shape index (κ3) is 54.5. The molecule has 15 atom stereocenters. The summed E-state index contributed by atoms with van der Waals surface area (Å²) in [4.78, 5) is 139.